The average Bonchev–Trinajstić information content (AvgIpc) is 3.49. The van der Waals surface area contributed by atoms with Gasteiger partial charge in [0.05, 0.1) is 7.11 Å². The molecule has 4 rings (SSSR count). The number of carbonyl (C=O) groups excluding carboxylic acids is 1. The van der Waals surface area contributed by atoms with Crippen molar-refractivity contribution < 1.29 is 17.9 Å². The third kappa shape index (κ3) is 5.15. The number of nitrogens with one attached hydrogen (secondary N) is 2. The van der Waals surface area contributed by atoms with Crippen molar-refractivity contribution in [1.29, 1.82) is 0 Å². The summed E-state index contributed by atoms with van der Waals surface area (Å²) >= 11 is 0. The van der Waals surface area contributed by atoms with E-state index in [1.54, 1.807) is 12.1 Å². The fourth-order valence-corrected chi connectivity index (χ4v) is 6.14. The fraction of sp³-hybridized carbons (Fsp3) is 0.682. The highest BCUT2D eigenvalue weighted by Crippen LogP contribution is 2.29. The molecule has 1 aromatic rings. The van der Waals surface area contributed by atoms with Crippen molar-refractivity contribution in [2.45, 2.75) is 80.8 Å². The summed E-state index contributed by atoms with van der Waals surface area (Å²) in [6, 6.07) is 5.35. The summed E-state index contributed by atoms with van der Waals surface area (Å²) in [5, 5.41) is 3.11. The first-order valence-electron chi connectivity index (χ1n) is 11.2. The van der Waals surface area contributed by atoms with Crippen LogP contribution in [0.25, 0.3) is 0 Å². The normalized spacial score (nSPS) is 23.8. The molecule has 0 unspecified atom stereocenters. The van der Waals surface area contributed by atoms with E-state index >= 15 is 0 Å². The predicted octanol–water partition coefficient (Wildman–Crippen LogP) is 2.66. The van der Waals surface area contributed by atoms with Crippen LogP contribution in [0.3, 0.4) is 0 Å². The minimum Gasteiger partial charge on any atom is -0.495 e. The Morgan fingerprint density at radius 3 is 2.43 bits per heavy atom. The summed E-state index contributed by atoms with van der Waals surface area (Å²) in [6.45, 7) is 1.89. The fourth-order valence-electron chi connectivity index (χ4n) is 4.64. The van der Waals surface area contributed by atoms with Crippen molar-refractivity contribution in [3.05, 3.63) is 23.8 Å². The predicted molar refractivity (Wildman–Crippen MR) is 115 cm³/mol. The van der Waals surface area contributed by atoms with Gasteiger partial charge < -0.3 is 10.1 Å². The van der Waals surface area contributed by atoms with Gasteiger partial charge in [0.25, 0.3) is 5.91 Å². The van der Waals surface area contributed by atoms with Crippen molar-refractivity contribution in [3.8, 4) is 5.75 Å². The zero-order valence-electron chi connectivity index (χ0n) is 17.7. The highest BCUT2D eigenvalue weighted by atomic mass is 32.2. The summed E-state index contributed by atoms with van der Waals surface area (Å²) in [7, 11) is -2.28. The molecule has 1 heterocycles. The van der Waals surface area contributed by atoms with Gasteiger partial charge in [0.1, 0.15) is 10.6 Å². The van der Waals surface area contributed by atoms with Gasteiger partial charge in [-0.05, 0) is 50.3 Å². The van der Waals surface area contributed by atoms with Crippen molar-refractivity contribution in [2.75, 3.05) is 20.2 Å². The first-order valence-corrected chi connectivity index (χ1v) is 12.7. The number of likely N-dealkylation sites (tertiary alicyclic amines) is 1. The molecule has 8 heteroatoms. The van der Waals surface area contributed by atoms with Crippen LogP contribution in [0.15, 0.2) is 23.1 Å². The largest absolute Gasteiger partial charge is 0.495 e. The second-order valence-corrected chi connectivity index (χ2v) is 10.5. The van der Waals surface area contributed by atoms with Gasteiger partial charge in [0.2, 0.25) is 10.0 Å². The Kier molecular flexibility index (Phi) is 6.65. The van der Waals surface area contributed by atoms with E-state index in [9.17, 15) is 13.2 Å². The maximum Gasteiger partial charge on any atom is 0.251 e. The molecule has 2 aliphatic carbocycles. The molecule has 30 heavy (non-hydrogen) atoms. The maximum absolute atomic E-state index is 12.9. The van der Waals surface area contributed by atoms with Gasteiger partial charge in [0.15, 0.2) is 0 Å². The molecule has 0 aromatic heterocycles. The standard InChI is InChI=1S/C22H33N3O4S/c1-29-20-11-8-16(14-21(20)30(27,28)24-17-9-10-17)22(26)23-18-12-13-25(15-18)19-6-4-2-3-5-7-19/h8,11,14,17-19,24H,2-7,9-10,12-13,15H2,1H3,(H,23,26)/t18-/m1/s1. The van der Waals surface area contributed by atoms with Crippen LogP contribution in [0.1, 0.15) is 68.1 Å². The summed E-state index contributed by atoms with van der Waals surface area (Å²) in [5.41, 5.74) is 0.347. The van der Waals surface area contributed by atoms with Crippen LogP contribution in [0, 0.1) is 0 Å². The van der Waals surface area contributed by atoms with E-state index in [1.807, 2.05) is 0 Å². The van der Waals surface area contributed by atoms with Gasteiger partial charge in [-0.15, -0.1) is 0 Å². The molecule has 0 radical (unpaired) electrons. The lowest BCUT2D eigenvalue weighted by Crippen LogP contribution is -2.39. The highest BCUT2D eigenvalue weighted by molar-refractivity contribution is 7.89. The molecule has 1 aromatic carbocycles. The van der Waals surface area contributed by atoms with Gasteiger partial charge >= 0.3 is 0 Å². The van der Waals surface area contributed by atoms with Crippen LogP contribution in [0.2, 0.25) is 0 Å². The van der Waals surface area contributed by atoms with Crippen LogP contribution < -0.4 is 14.8 Å². The number of methoxy groups -OCH3 is 1. The molecule has 7 nitrogen and oxygen atoms in total. The third-order valence-corrected chi connectivity index (χ3v) is 8.05. The number of hydrogen-bond donors (Lipinski definition) is 2. The van der Waals surface area contributed by atoms with Crippen molar-refractivity contribution in [1.82, 2.24) is 14.9 Å². The molecule has 1 aliphatic heterocycles. The van der Waals surface area contributed by atoms with Gasteiger partial charge in [-0.1, -0.05) is 25.7 Å². The van der Waals surface area contributed by atoms with Crippen molar-refractivity contribution >= 4 is 15.9 Å². The number of amides is 1. The Bertz CT molecular complexity index is 861. The van der Waals surface area contributed by atoms with Crippen LogP contribution in [-0.4, -0.2) is 57.5 Å². The number of ether oxygens (including phenoxy) is 1. The molecule has 2 saturated carbocycles. The maximum atomic E-state index is 12.9. The van der Waals surface area contributed by atoms with Gasteiger partial charge in [-0.25, -0.2) is 13.1 Å². The Morgan fingerprint density at radius 2 is 1.77 bits per heavy atom. The summed E-state index contributed by atoms with van der Waals surface area (Å²) in [4.78, 5) is 15.4. The lowest BCUT2D eigenvalue weighted by atomic mass is 10.1. The molecular formula is C22H33N3O4S. The van der Waals surface area contributed by atoms with E-state index in [0.717, 1.165) is 32.4 Å². The summed E-state index contributed by atoms with van der Waals surface area (Å²) in [5.74, 6) is 0.0216. The Balaban J connectivity index is 1.41. The minimum atomic E-state index is -3.71. The second-order valence-electron chi connectivity index (χ2n) is 8.86. The molecule has 1 atom stereocenters. The molecule has 3 fully saturated rings. The first-order chi connectivity index (χ1) is 14.5. The zero-order valence-corrected chi connectivity index (χ0v) is 18.5. The smallest absolute Gasteiger partial charge is 0.251 e. The summed E-state index contributed by atoms with van der Waals surface area (Å²) < 4.78 is 33.3. The van der Waals surface area contributed by atoms with Crippen LogP contribution in [0.5, 0.6) is 5.75 Å². The Morgan fingerprint density at radius 1 is 1.03 bits per heavy atom. The van der Waals surface area contributed by atoms with Crippen LogP contribution in [-0.2, 0) is 10.0 Å². The van der Waals surface area contributed by atoms with Crippen molar-refractivity contribution in [2.24, 2.45) is 0 Å². The average molecular weight is 436 g/mol. The quantitative estimate of drug-likeness (QED) is 0.643. The number of carbonyl (C=O) groups is 1. The lowest BCUT2D eigenvalue weighted by molar-refractivity contribution is 0.0935. The van der Waals surface area contributed by atoms with E-state index < -0.39 is 10.0 Å². The highest BCUT2D eigenvalue weighted by Gasteiger charge is 2.32. The second kappa shape index (κ2) is 9.24. The van der Waals surface area contributed by atoms with Gasteiger partial charge in [0, 0.05) is 36.8 Å². The van der Waals surface area contributed by atoms with E-state index in [0.29, 0.717) is 11.6 Å². The van der Waals surface area contributed by atoms with Crippen LogP contribution >= 0.6 is 0 Å². The molecular weight excluding hydrogens is 402 g/mol. The van der Waals surface area contributed by atoms with Crippen LogP contribution in [0.4, 0.5) is 0 Å². The SMILES string of the molecule is COc1ccc(C(=O)N[C@@H]2CCN(C3CCCCCC3)C2)cc1S(=O)(=O)NC1CC1. The number of hydrogen-bond acceptors (Lipinski definition) is 5. The van der Waals surface area contributed by atoms with Gasteiger partial charge in [-0.3, -0.25) is 9.69 Å². The first kappa shape index (κ1) is 21.6. The molecule has 1 amide bonds. The van der Waals surface area contributed by atoms with E-state index in [4.69, 9.17) is 4.74 Å². The molecule has 0 bridgehead atoms. The molecule has 166 valence electrons. The number of nitrogens with zero attached hydrogens (tertiary/aromatic N) is 1. The Labute approximate surface area is 179 Å². The number of sulfonamides is 1. The van der Waals surface area contributed by atoms with E-state index in [1.165, 1.54) is 51.7 Å². The third-order valence-electron chi connectivity index (χ3n) is 6.51. The van der Waals surface area contributed by atoms with E-state index in [2.05, 4.69) is 14.9 Å². The monoisotopic (exact) mass is 435 g/mol. The topological polar surface area (TPSA) is 87.7 Å². The molecule has 2 N–H and O–H groups in total. The van der Waals surface area contributed by atoms with E-state index in [-0.39, 0.29) is 28.6 Å². The van der Waals surface area contributed by atoms with Gasteiger partial charge in [-0.2, -0.15) is 0 Å². The summed E-state index contributed by atoms with van der Waals surface area (Å²) in [6.07, 6.45) is 10.4. The lowest BCUT2D eigenvalue weighted by Gasteiger charge is -2.26. The molecule has 1 saturated heterocycles. The van der Waals surface area contributed by atoms with Crippen molar-refractivity contribution in [3.63, 3.8) is 0 Å². The Hall–Kier alpha value is -1.64. The molecule has 3 aliphatic rings. The number of rotatable bonds is 7. The zero-order chi connectivity index (χ0) is 21.1. The minimum absolute atomic E-state index is 0.00866. The number of benzene rings is 1. The molecule has 0 spiro atoms.